The Balaban J connectivity index is 1.66. The van der Waals surface area contributed by atoms with Crippen LogP contribution in [0.15, 0.2) is 77.3 Å². The van der Waals surface area contributed by atoms with Crippen LogP contribution in [0.5, 0.6) is 0 Å². The number of hydrogen-bond acceptors (Lipinski definition) is 4. The third kappa shape index (κ3) is 3.53. The lowest BCUT2D eigenvalue weighted by Gasteiger charge is -2.07. The van der Waals surface area contributed by atoms with Crippen molar-refractivity contribution in [1.82, 2.24) is 10.1 Å². The molecule has 4 aromatic rings. The van der Waals surface area contributed by atoms with Crippen molar-refractivity contribution in [2.75, 3.05) is 5.32 Å². The Labute approximate surface area is 160 Å². The predicted molar refractivity (Wildman–Crippen MR) is 104 cm³/mol. The van der Waals surface area contributed by atoms with Crippen molar-refractivity contribution < 1.29 is 13.7 Å². The van der Waals surface area contributed by atoms with Gasteiger partial charge in [-0.05, 0) is 48.9 Å². The molecule has 0 fully saturated rings. The van der Waals surface area contributed by atoms with Crippen molar-refractivity contribution in [3.8, 4) is 22.8 Å². The molecule has 5 nitrogen and oxygen atoms in total. The second-order valence-corrected chi connectivity index (χ2v) is 6.24. The third-order valence-corrected chi connectivity index (χ3v) is 4.32. The number of nitrogens with one attached hydrogen (secondary N) is 1. The zero-order valence-electron chi connectivity index (χ0n) is 15.0. The van der Waals surface area contributed by atoms with Gasteiger partial charge in [-0.1, -0.05) is 41.6 Å². The molecule has 0 unspecified atom stereocenters. The van der Waals surface area contributed by atoms with Gasteiger partial charge in [0.25, 0.3) is 11.8 Å². The van der Waals surface area contributed by atoms with Gasteiger partial charge in [-0.25, -0.2) is 4.39 Å². The second-order valence-electron chi connectivity index (χ2n) is 6.24. The molecule has 0 aliphatic heterocycles. The lowest BCUT2D eigenvalue weighted by molar-refractivity contribution is 0.102. The SMILES string of the molecule is Cc1ccccc1-c1noc(-c2ccccc2C(=O)Nc2ccc(F)cc2)n1. The summed E-state index contributed by atoms with van der Waals surface area (Å²) in [6.45, 7) is 1.97. The van der Waals surface area contributed by atoms with E-state index in [9.17, 15) is 9.18 Å². The highest BCUT2D eigenvalue weighted by Gasteiger charge is 2.18. The highest BCUT2D eigenvalue weighted by Crippen LogP contribution is 2.27. The number of benzene rings is 3. The van der Waals surface area contributed by atoms with E-state index < -0.39 is 0 Å². The quantitative estimate of drug-likeness (QED) is 0.540. The van der Waals surface area contributed by atoms with Gasteiger partial charge in [-0.3, -0.25) is 4.79 Å². The molecule has 6 heteroatoms. The van der Waals surface area contributed by atoms with E-state index in [2.05, 4.69) is 15.5 Å². The van der Waals surface area contributed by atoms with E-state index in [4.69, 9.17) is 4.52 Å². The van der Waals surface area contributed by atoms with Gasteiger partial charge in [0.1, 0.15) is 5.82 Å². The summed E-state index contributed by atoms with van der Waals surface area (Å²) in [4.78, 5) is 17.2. The summed E-state index contributed by atoms with van der Waals surface area (Å²) in [6, 6.07) is 20.3. The number of aryl methyl sites for hydroxylation is 1. The standard InChI is InChI=1S/C22H16FN3O2/c1-14-6-2-3-7-17(14)20-25-22(28-26-20)19-9-5-4-8-18(19)21(27)24-16-12-10-15(23)11-13-16/h2-13H,1H3,(H,24,27). The summed E-state index contributed by atoms with van der Waals surface area (Å²) in [5, 5.41) is 6.81. The molecule has 0 bridgehead atoms. The average Bonchev–Trinajstić information content (AvgIpc) is 3.20. The zero-order valence-corrected chi connectivity index (χ0v) is 15.0. The van der Waals surface area contributed by atoms with Crippen LogP contribution in [0.4, 0.5) is 10.1 Å². The van der Waals surface area contributed by atoms with Crippen LogP contribution in [0.2, 0.25) is 0 Å². The molecule has 0 saturated carbocycles. The smallest absolute Gasteiger partial charge is 0.259 e. The first-order valence-electron chi connectivity index (χ1n) is 8.68. The normalized spacial score (nSPS) is 10.6. The predicted octanol–water partition coefficient (Wildman–Crippen LogP) is 5.10. The van der Waals surface area contributed by atoms with Crippen LogP contribution in [0, 0.1) is 12.7 Å². The van der Waals surface area contributed by atoms with Crippen LogP contribution in [0.25, 0.3) is 22.8 Å². The van der Waals surface area contributed by atoms with Crippen molar-refractivity contribution in [3.63, 3.8) is 0 Å². The van der Waals surface area contributed by atoms with Crippen LogP contribution in [0.3, 0.4) is 0 Å². The number of hydrogen-bond donors (Lipinski definition) is 1. The molecule has 4 rings (SSSR count). The van der Waals surface area contributed by atoms with Gasteiger partial charge in [0, 0.05) is 11.3 Å². The Morgan fingerprint density at radius 1 is 0.929 bits per heavy atom. The molecule has 0 spiro atoms. The number of carbonyl (C=O) groups excluding carboxylic acids is 1. The number of rotatable bonds is 4. The van der Waals surface area contributed by atoms with E-state index in [-0.39, 0.29) is 17.6 Å². The number of halogens is 1. The average molecular weight is 373 g/mol. The van der Waals surface area contributed by atoms with Gasteiger partial charge in [0.15, 0.2) is 0 Å². The van der Waals surface area contributed by atoms with Crippen molar-refractivity contribution >= 4 is 11.6 Å². The molecular formula is C22H16FN3O2. The number of carbonyl (C=O) groups is 1. The summed E-state index contributed by atoms with van der Waals surface area (Å²) in [7, 11) is 0. The van der Waals surface area contributed by atoms with E-state index >= 15 is 0 Å². The van der Waals surface area contributed by atoms with Crippen molar-refractivity contribution in [2.45, 2.75) is 6.92 Å². The fraction of sp³-hybridized carbons (Fsp3) is 0.0455. The van der Waals surface area contributed by atoms with E-state index in [0.29, 0.717) is 22.6 Å². The molecule has 1 aromatic heterocycles. The maximum Gasteiger partial charge on any atom is 0.259 e. The van der Waals surface area contributed by atoms with Gasteiger partial charge in [-0.15, -0.1) is 0 Å². The highest BCUT2D eigenvalue weighted by atomic mass is 19.1. The monoisotopic (exact) mass is 373 g/mol. The maximum atomic E-state index is 13.1. The second kappa shape index (κ2) is 7.44. The molecule has 0 radical (unpaired) electrons. The topological polar surface area (TPSA) is 68.0 Å². The van der Waals surface area contributed by atoms with Crippen molar-refractivity contribution in [2.24, 2.45) is 0 Å². The van der Waals surface area contributed by atoms with Gasteiger partial charge >= 0.3 is 0 Å². The first-order valence-corrected chi connectivity index (χ1v) is 8.68. The number of anilines is 1. The maximum absolute atomic E-state index is 13.1. The molecule has 0 atom stereocenters. The van der Waals surface area contributed by atoms with E-state index in [1.807, 2.05) is 31.2 Å². The Hall–Kier alpha value is -3.80. The van der Waals surface area contributed by atoms with E-state index in [0.717, 1.165) is 11.1 Å². The third-order valence-electron chi connectivity index (χ3n) is 4.32. The van der Waals surface area contributed by atoms with Crippen LogP contribution in [-0.2, 0) is 0 Å². The van der Waals surface area contributed by atoms with Crippen LogP contribution in [0.1, 0.15) is 15.9 Å². The van der Waals surface area contributed by atoms with Gasteiger partial charge in [0.2, 0.25) is 5.82 Å². The van der Waals surface area contributed by atoms with Crippen LogP contribution in [-0.4, -0.2) is 16.0 Å². The lowest BCUT2D eigenvalue weighted by atomic mass is 10.1. The molecular weight excluding hydrogens is 357 g/mol. The van der Waals surface area contributed by atoms with E-state index in [1.165, 1.54) is 24.3 Å². The fourth-order valence-corrected chi connectivity index (χ4v) is 2.87. The Morgan fingerprint density at radius 2 is 1.61 bits per heavy atom. The number of nitrogens with zero attached hydrogens (tertiary/aromatic N) is 2. The van der Waals surface area contributed by atoms with Crippen LogP contribution >= 0.6 is 0 Å². The molecule has 0 aliphatic carbocycles. The summed E-state index contributed by atoms with van der Waals surface area (Å²) in [5.74, 6) is -0.00389. The minimum absolute atomic E-state index is 0.253. The lowest BCUT2D eigenvalue weighted by Crippen LogP contribution is -2.13. The first-order chi connectivity index (χ1) is 13.6. The number of amides is 1. The summed E-state index contributed by atoms with van der Waals surface area (Å²) < 4.78 is 18.5. The Kier molecular flexibility index (Phi) is 4.68. The summed E-state index contributed by atoms with van der Waals surface area (Å²) in [6.07, 6.45) is 0. The Morgan fingerprint density at radius 3 is 2.36 bits per heavy atom. The molecule has 3 aromatic carbocycles. The van der Waals surface area contributed by atoms with Gasteiger partial charge < -0.3 is 9.84 Å². The molecule has 1 amide bonds. The Bertz CT molecular complexity index is 1140. The van der Waals surface area contributed by atoms with Crippen molar-refractivity contribution in [1.29, 1.82) is 0 Å². The largest absolute Gasteiger partial charge is 0.334 e. The zero-order chi connectivity index (χ0) is 19.5. The minimum atomic E-state index is -0.368. The van der Waals surface area contributed by atoms with Crippen LogP contribution < -0.4 is 5.32 Å². The van der Waals surface area contributed by atoms with Crippen molar-refractivity contribution in [3.05, 3.63) is 89.7 Å². The molecule has 28 heavy (non-hydrogen) atoms. The minimum Gasteiger partial charge on any atom is -0.334 e. The van der Waals surface area contributed by atoms with Gasteiger partial charge in [0.05, 0.1) is 11.1 Å². The number of aromatic nitrogens is 2. The molecule has 1 heterocycles. The van der Waals surface area contributed by atoms with Gasteiger partial charge in [-0.2, -0.15) is 4.98 Å². The van der Waals surface area contributed by atoms with E-state index in [1.54, 1.807) is 24.3 Å². The highest BCUT2D eigenvalue weighted by molar-refractivity contribution is 6.08. The molecule has 1 N–H and O–H groups in total. The molecule has 0 aliphatic rings. The fourth-order valence-electron chi connectivity index (χ4n) is 2.87. The summed E-state index contributed by atoms with van der Waals surface area (Å²) >= 11 is 0. The molecule has 138 valence electrons. The first kappa shape index (κ1) is 17.6. The molecule has 0 saturated heterocycles. The summed E-state index contributed by atoms with van der Waals surface area (Å²) in [5.41, 5.74) is 3.29.